The Labute approximate surface area is 81.1 Å². The lowest BCUT2D eigenvalue weighted by Crippen LogP contribution is -1.87. The third-order valence-corrected chi connectivity index (χ3v) is 1.60. The van der Waals surface area contributed by atoms with Gasteiger partial charge in [0.05, 0.1) is 7.11 Å². The van der Waals surface area contributed by atoms with Crippen molar-refractivity contribution < 1.29 is 4.74 Å². The number of rotatable bonds is 1. The van der Waals surface area contributed by atoms with E-state index in [1.165, 1.54) is 0 Å². The maximum Gasteiger partial charge on any atom is 0.122 e. The van der Waals surface area contributed by atoms with Gasteiger partial charge in [0.15, 0.2) is 0 Å². The molecule has 1 aliphatic carbocycles. The summed E-state index contributed by atoms with van der Waals surface area (Å²) in [6.45, 7) is 8.02. The molecule has 0 aromatic heterocycles. The largest absolute Gasteiger partial charge is 0.496 e. The number of allylic oxidation sites excluding steroid dienone is 4. The molecule has 1 heteroatoms. The first-order valence-electron chi connectivity index (χ1n) is 4.60. The Kier molecular flexibility index (Phi) is 5.75. The molecule has 0 fully saturated rings. The Morgan fingerprint density at radius 3 is 2.38 bits per heavy atom. The second kappa shape index (κ2) is 6.33. The van der Waals surface area contributed by atoms with Crippen molar-refractivity contribution in [2.45, 2.75) is 27.7 Å². The van der Waals surface area contributed by atoms with Crippen molar-refractivity contribution in [3.63, 3.8) is 0 Å². The quantitative estimate of drug-likeness (QED) is 0.557. The van der Waals surface area contributed by atoms with Crippen molar-refractivity contribution >= 4 is 0 Å². The Bertz CT molecular complexity index is 273. The van der Waals surface area contributed by atoms with Crippen LogP contribution in [0.3, 0.4) is 0 Å². The van der Waals surface area contributed by atoms with Gasteiger partial charge in [-0.25, -0.2) is 0 Å². The molecule has 0 aromatic rings. The molecule has 1 nitrogen and oxygen atoms in total. The number of methoxy groups -OCH3 is 1. The Hall–Kier alpha value is -1.20. The standard InChI is InChI=1S/C10H12O.C2H6/c1-8-5-4-6-9(2)10(7-8)11-3;1-2/h4,6-7H,1-3H3;1-2H3. The number of ether oxygens (including phenoxy) is 1. The average Bonchev–Trinajstić information content (AvgIpc) is 2.31. The summed E-state index contributed by atoms with van der Waals surface area (Å²) in [7, 11) is 1.68. The van der Waals surface area contributed by atoms with Gasteiger partial charge in [-0.1, -0.05) is 13.8 Å². The summed E-state index contributed by atoms with van der Waals surface area (Å²) >= 11 is 0. The SMILES string of the molecule is CC.COC1=CC(C)=C=CC=C1C. The van der Waals surface area contributed by atoms with Crippen LogP contribution < -0.4 is 0 Å². The third kappa shape index (κ3) is 3.82. The van der Waals surface area contributed by atoms with E-state index in [9.17, 15) is 0 Å². The average molecular weight is 178 g/mol. The van der Waals surface area contributed by atoms with Gasteiger partial charge in [-0.2, -0.15) is 0 Å². The normalized spacial score (nSPS) is 14.4. The van der Waals surface area contributed by atoms with Gasteiger partial charge in [0.2, 0.25) is 0 Å². The molecule has 0 unspecified atom stereocenters. The lowest BCUT2D eigenvalue weighted by Gasteiger charge is -2.03. The second-order valence-corrected chi connectivity index (χ2v) is 2.56. The fraction of sp³-hybridized carbons (Fsp3) is 0.417. The summed E-state index contributed by atoms with van der Waals surface area (Å²) in [6, 6.07) is 0. The highest BCUT2D eigenvalue weighted by Crippen LogP contribution is 2.14. The first-order valence-corrected chi connectivity index (χ1v) is 4.60. The van der Waals surface area contributed by atoms with Crippen molar-refractivity contribution in [2.24, 2.45) is 0 Å². The van der Waals surface area contributed by atoms with Crippen molar-refractivity contribution in [3.05, 3.63) is 40.9 Å². The Morgan fingerprint density at radius 2 is 1.85 bits per heavy atom. The predicted molar refractivity (Wildman–Crippen MR) is 57.5 cm³/mol. The monoisotopic (exact) mass is 178 g/mol. The maximum atomic E-state index is 5.17. The van der Waals surface area contributed by atoms with Gasteiger partial charge in [0.1, 0.15) is 5.76 Å². The highest BCUT2D eigenvalue weighted by molar-refractivity contribution is 5.36. The van der Waals surface area contributed by atoms with Crippen molar-refractivity contribution in [3.8, 4) is 0 Å². The first-order chi connectivity index (χ1) is 6.24. The molecule has 1 rings (SSSR count). The summed E-state index contributed by atoms with van der Waals surface area (Å²) in [5, 5.41) is 0. The van der Waals surface area contributed by atoms with E-state index in [4.69, 9.17) is 4.74 Å². The van der Waals surface area contributed by atoms with E-state index >= 15 is 0 Å². The zero-order valence-corrected chi connectivity index (χ0v) is 9.14. The van der Waals surface area contributed by atoms with Crippen LogP contribution >= 0.6 is 0 Å². The molecule has 72 valence electrons. The van der Waals surface area contributed by atoms with E-state index in [1.807, 2.05) is 45.9 Å². The predicted octanol–water partition coefficient (Wildman–Crippen LogP) is 3.60. The van der Waals surface area contributed by atoms with Gasteiger partial charge in [0.25, 0.3) is 0 Å². The van der Waals surface area contributed by atoms with Crippen LogP contribution in [-0.4, -0.2) is 7.11 Å². The van der Waals surface area contributed by atoms with Gasteiger partial charge in [-0.15, -0.1) is 5.73 Å². The number of hydrogen-bond donors (Lipinski definition) is 0. The smallest absolute Gasteiger partial charge is 0.122 e. The highest BCUT2D eigenvalue weighted by Gasteiger charge is 1.99. The molecular formula is C12H18O. The fourth-order valence-corrected chi connectivity index (χ4v) is 0.952. The third-order valence-electron chi connectivity index (χ3n) is 1.60. The van der Waals surface area contributed by atoms with Gasteiger partial charge < -0.3 is 4.74 Å². The molecule has 0 aromatic carbocycles. The van der Waals surface area contributed by atoms with E-state index in [0.717, 1.165) is 16.9 Å². The molecule has 0 aliphatic heterocycles. The molecular weight excluding hydrogens is 160 g/mol. The van der Waals surface area contributed by atoms with Crippen LogP contribution in [0, 0.1) is 0 Å². The van der Waals surface area contributed by atoms with E-state index in [-0.39, 0.29) is 0 Å². The minimum Gasteiger partial charge on any atom is -0.496 e. The fourth-order valence-electron chi connectivity index (χ4n) is 0.952. The first kappa shape index (κ1) is 11.8. The van der Waals surface area contributed by atoms with Crippen LogP contribution in [-0.2, 0) is 4.74 Å². The molecule has 0 atom stereocenters. The van der Waals surface area contributed by atoms with Gasteiger partial charge >= 0.3 is 0 Å². The van der Waals surface area contributed by atoms with E-state index in [2.05, 4.69) is 5.73 Å². The zero-order valence-electron chi connectivity index (χ0n) is 9.14. The Balaban J connectivity index is 0.000000671. The van der Waals surface area contributed by atoms with Gasteiger partial charge in [0, 0.05) is 0 Å². The molecule has 0 bridgehead atoms. The van der Waals surface area contributed by atoms with Crippen LogP contribution in [0.2, 0.25) is 0 Å². The summed E-state index contributed by atoms with van der Waals surface area (Å²) < 4.78 is 5.17. The van der Waals surface area contributed by atoms with Gasteiger partial charge in [-0.3, -0.25) is 0 Å². The molecule has 13 heavy (non-hydrogen) atoms. The van der Waals surface area contributed by atoms with E-state index < -0.39 is 0 Å². The van der Waals surface area contributed by atoms with E-state index in [1.54, 1.807) is 7.11 Å². The van der Waals surface area contributed by atoms with Crippen molar-refractivity contribution in [2.75, 3.05) is 7.11 Å². The minimum atomic E-state index is 0.920. The lowest BCUT2D eigenvalue weighted by molar-refractivity contribution is 0.300. The van der Waals surface area contributed by atoms with Gasteiger partial charge in [-0.05, 0) is 43.2 Å². The van der Waals surface area contributed by atoms with Crippen LogP contribution in [0.1, 0.15) is 27.7 Å². The summed E-state index contributed by atoms with van der Waals surface area (Å²) in [4.78, 5) is 0. The Morgan fingerprint density at radius 1 is 1.23 bits per heavy atom. The zero-order chi connectivity index (χ0) is 10.3. The molecule has 0 heterocycles. The topological polar surface area (TPSA) is 9.23 Å². The molecule has 0 saturated heterocycles. The molecule has 0 amide bonds. The second-order valence-electron chi connectivity index (χ2n) is 2.56. The van der Waals surface area contributed by atoms with Crippen LogP contribution in [0.15, 0.2) is 40.9 Å². The van der Waals surface area contributed by atoms with Crippen molar-refractivity contribution in [1.29, 1.82) is 0 Å². The van der Waals surface area contributed by atoms with Crippen molar-refractivity contribution in [1.82, 2.24) is 0 Å². The molecule has 0 N–H and O–H groups in total. The van der Waals surface area contributed by atoms with Crippen LogP contribution in [0.5, 0.6) is 0 Å². The van der Waals surface area contributed by atoms with E-state index in [0.29, 0.717) is 0 Å². The minimum absolute atomic E-state index is 0.920. The summed E-state index contributed by atoms with van der Waals surface area (Å²) in [5.74, 6) is 0.920. The molecule has 0 spiro atoms. The maximum absolute atomic E-state index is 5.17. The lowest BCUT2D eigenvalue weighted by atomic mass is 10.2. The molecule has 0 radical (unpaired) electrons. The highest BCUT2D eigenvalue weighted by atomic mass is 16.5. The molecule has 0 saturated carbocycles. The number of hydrogen-bond acceptors (Lipinski definition) is 1. The summed E-state index contributed by atoms with van der Waals surface area (Å²) in [5.41, 5.74) is 5.33. The van der Waals surface area contributed by atoms with Crippen LogP contribution in [0.4, 0.5) is 0 Å². The molecule has 1 aliphatic rings. The van der Waals surface area contributed by atoms with Crippen LogP contribution in [0.25, 0.3) is 0 Å². The summed E-state index contributed by atoms with van der Waals surface area (Å²) in [6.07, 6.45) is 5.88.